The molecule has 1 fully saturated rings. The van der Waals surface area contributed by atoms with Gasteiger partial charge in [-0.2, -0.15) is 0 Å². The Morgan fingerprint density at radius 2 is 2.24 bits per heavy atom. The molecule has 0 unspecified atom stereocenters. The van der Waals surface area contributed by atoms with Crippen LogP contribution in [0.5, 0.6) is 5.75 Å². The van der Waals surface area contributed by atoms with Gasteiger partial charge >= 0.3 is 0 Å². The number of fused-ring (bicyclic) bond motifs is 1. The summed E-state index contributed by atoms with van der Waals surface area (Å²) in [6, 6.07) is 8.37. The molecule has 136 valence electrons. The number of likely N-dealkylation sites (tertiary alicyclic amines) is 1. The van der Waals surface area contributed by atoms with Crippen molar-refractivity contribution in [3.05, 3.63) is 30.0 Å². The van der Waals surface area contributed by atoms with Gasteiger partial charge in [-0.1, -0.05) is 32.9 Å². The van der Waals surface area contributed by atoms with E-state index in [1.807, 2.05) is 36.9 Å². The number of carbonyl (C=O) groups excluding carboxylic acids is 1. The number of furan rings is 1. The van der Waals surface area contributed by atoms with E-state index in [0.29, 0.717) is 18.5 Å². The van der Waals surface area contributed by atoms with E-state index in [4.69, 9.17) is 9.15 Å². The number of methoxy groups -OCH3 is 1. The van der Waals surface area contributed by atoms with Gasteiger partial charge in [0, 0.05) is 30.4 Å². The van der Waals surface area contributed by atoms with Crippen molar-refractivity contribution in [1.29, 1.82) is 0 Å². The van der Waals surface area contributed by atoms with Crippen LogP contribution in [-0.4, -0.2) is 37.0 Å². The Kier molecular flexibility index (Phi) is 5.33. The summed E-state index contributed by atoms with van der Waals surface area (Å²) in [6.45, 7) is 8.47. The van der Waals surface area contributed by atoms with E-state index >= 15 is 0 Å². The maximum atomic E-state index is 12.2. The standard InChI is InChI=1S/C20H28N2O3/c1-13(2)20(23)22-9-8-17(14(3)12-22)21-11-16-10-15-6-5-7-18(24-4)19(15)25-16/h5-7,10,13-14,17,21H,8-9,11-12H2,1-4H3/t14-,17+/m1/s1. The van der Waals surface area contributed by atoms with Crippen LogP contribution in [0, 0.1) is 11.8 Å². The lowest BCUT2D eigenvalue weighted by atomic mass is 9.93. The molecule has 0 bridgehead atoms. The highest BCUT2D eigenvalue weighted by atomic mass is 16.5. The second-order valence-corrected chi connectivity index (χ2v) is 7.28. The predicted molar refractivity (Wildman–Crippen MR) is 98.6 cm³/mol. The van der Waals surface area contributed by atoms with Crippen LogP contribution in [-0.2, 0) is 11.3 Å². The topological polar surface area (TPSA) is 54.7 Å². The Labute approximate surface area is 149 Å². The molecule has 1 aromatic heterocycles. The number of amides is 1. The van der Waals surface area contributed by atoms with Gasteiger partial charge in [-0.05, 0) is 24.5 Å². The van der Waals surface area contributed by atoms with Crippen molar-refractivity contribution in [2.45, 2.75) is 39.8 Å². The molecule has 25 heavy (non-hydrogen) atoms. The van der Waals surface area contributed by atoms with Crippen LogP contribution in [0.25, 0.3) is 11.0 Å². The van der Waals surface area contributed by atoms with Crippen LogP contribution in [0.2, 0.25) is 0 Å². The van der Waals surface area contributed by atoms with E-state index in [2.05, 4.69) is 18.3 Å². The van der Waals surface area contributed by atoms with Crippen molar-refractivity contribution in [3.8, 4) is 5.75 Å². The normalized spacial score (nSPS) is 21.1. The van der Waals surface area contributed by atoms with Crippen LogP contribution >= 0.6 is 0 Å². The summed E-state index contributed by atoms with van der Waals surface area (Å²) in [5, 5.41) is 4.66. The van der Waals surface area contributed by atoms with E-state index in [0.717, 1.165) is 42.0 Å². The minimum atomic E-state index is 0.0715. The van der Waals surface area contributed by atoms with E-state index in [1.54, 1.807) is 7.11 Å². The molecule has 2 aromatic rings. The molecular weight excluding hydrogens is 316 g/mol. The summed E-state index contributed by atoms with van der Waals surface area (Å²) >= 11 is 0. The number of rotatable bonds is 5. The fraction of sp³-hybridized carbons (Fsp3) is 0.550. The third kappa shape index (κ3) is 3.82. The van der Waals surface area contributed by atoms with Crippen molar-refractivity contribution >= 4 is 16.9 Å². The van der Waals surface area contributed by atoms with Gasteiger partial charge in [-0.15, -0.1) is 0 Å². The second kappa shape index (κ2) is 7.48. The van der Waals surface area contributed by atoms with Crippen LogP contribution < -0.4 is 10.1 Å². The first-order chi connectivity index (χ1) is 12.0. The quantitative estimate of drug-likeness (QED) is 0.903. The van der Waals surface area contributed by atoms with Crippen molar-refractivity contribution in [1.82, 2.24) is 10.2 Å². The van der Waals surface area contributed by atoms with Gasteiger partial charge in [0.25, 0.3) is 0 Å². The van der Waals surface area contributed by atoms with E-state index < -0.39 is 0 Å². The van der Waals surface area contributed by atoms with E-state index in [9.17, 15) is 4.79 Å². The van der Waals surface area contributed by atoms with Crippen LogP contribution in [0.1, 0.15) is 33.0 Å². The molecule has 5 nitrogen and oxygen atoms in total. The molecule has 2 heterocycles. The SMILES string of the molecule is COc1cccc2cc(CN[C@H]3CCN(C(=O)C(C)C)C[C@H]3C)oc12. The molecule has 1 aliphatic heterocycles. The number of para-hydroxylation sites is 1. The maximum Gasteiger partial charge on any atom is 0.225 e. The minimum Gasteiger partial charge on any atom is -0.493 e. The van der Waals surface area contributed by atoms with Gasteiger partial charge in [-0.25, -0.2) is 0 Å². The zero-order valence-corrected chi connectivity index (χ0v) is 15.5. The fourth-order valence-electron chi connectivity index (χ4n) is 3.58. The lowest BCUT2D eigenvalue weighted by molar-refractivity contribution is -0.136. The van der Waals surface area contributed by atoms with Gasteiger partial charge in [0.1, 0.15) is 5.76 Å². The Morgan fingerprint density at radius 3 is 2.92 bits per heavy atom. The Balaban J connectivity index is 1.60. The number of benzene rings is 1. The summed E-state index contributed by atoms with van der Waals surface area (Å²) in [5.74, 6) is 2.43. The van der Waals surface area contributed by atoms with Crippen LogP contribution in [0.15, 0.2) is 28.7 Å². The first kappa shape index (κ1) is 17.8. The number of hydrogen-bond acceptors (Lipinski definition) is 4. The van der Waals surface area contributed by atoms with Crippen LogP contribution in [0.4, 0.5) is 0 Å². The van der Waals surface area contributed by atoms with E-state index in [-0.39, 0.29) is 11.8 Å². The summed E-state index contributed by atoms with van der Waals surface area (Å²) in [4.78, 5) is 14.2. The number of nitrogens with one attached hydrogen (secondary N) is 1. The summed E-state index contributed by atoms with van der Waals surface area (Å²) in [5.41, 5.74) is 0.798. The molecular formula is C20H28N2O3. The first-order valence-electron chi connectivity index (χ1n) is 9.07. The summed E-state index contributed by atoms with van der Waals surface area (Å²) < 4.78 is 11.3. The van der Waals surface area contributed by atoms with Gasteiger partial charge in [0.15, 0.2) is 11.3 Å². The lowest BCUT2D eigenvalue weighted by Crippen LogP contribution is -2.50. The molecule has 0 saturated carbocycles. The highest BCUT2D eigenvalue weighted by Gasteiger charge is 2.29. The molecule has 1 saturated heterocycles. The number of carbonyl (C=O) groups is 1. The van der Waals surface area contributed by atoms with Crippen molar-refractivity contribution in [3.63, 3.8) is 0 Å². The minimum absolute atomic E-state index is 0.0715. The van der Waals surface area contributed by atoms with Crippen molar-refractivity contribution in [2.75, 3.05) is 20.2 Å². The number of nitrogens with zero attached hydrogens (tertiary/aromatic N) is 1. The Bertz CT molecular complexity index is 738. The predicted octanol–water partition coefficient (Wildman–Crippen LogP) is 3.42. The molecule has 0 aliphatic carbocycles. The zero-order chi connectivity index (χ0) is 18.0. The van der Waals surface area contributed by atoms with Crippen LogP contribution in [0.3, 0.4) is 0 Å². The summed E-state index contributed by atoms with van der Waals surface area (Å²) in [6.07, 6.45) is 0.975. The molecule has 5 heteroatoms. The van der Waals surface area contributed by atoms with Gasteiger partial charge in [-0.3, -0.25) is 4.79 Å². The molecule has 0 spiro atoms. The molecule has 0 radical (unpaired) electrons. The molecule has 1 N–H and O–H groups in total. The molecule has 1 aromatic carbocycles. The summed E-state index contributed by atoms with van der Waals surface area (Å²) in [7, 11) is 1.66. The Morgan fingerprint density at radius 1 is 1.44 bits per heavy atom. The lowest BCUT2D eigenvalue weighted by Gasteiger charge is -2.38. The number of hydrogen-bond donors (Lipinski definition) is 1. The van der Waals surface area contributed by atoms with Crippen molar-refractivity contribution < 1.29 is 13.9 Å². The molecule has 1 aliphatic rings. The molecule has 1 amide bonds. The highest BCUT2D eigenvalue weighted by Crippen LogP contribution is 2.28. The van der Waals surface area contributed by atoms with E-state index in [1.165, 1.54) is 0 Å². The highest BCUT2D eigenvalue weighted by molar-refractivity contribution is 5.83. The monoisotopic (exact) mass is 344 g/mol. The zero-order valence-electron chi connectivity index (χ0n) is 15.5. The maximum absolute atomic E-state index is 12.2. The largest absolute Gasteiger partial charge is 0.493 e. The number of ether oxygens (including phenoxy) is 1. The van der Waals surface area contributed by atoms with Gasteiger partial charge in [0.05, 0.1) is 13.7 Å². The number of piperidine rings is 1. The van der Waals surface area contributed by atoms with Gasteiger partial charge < -0.3 is 19.4 Å². The first-order valence-corrected chi connectivity index (χ1v) is 9.07. The van der Waals surface area contributed by atoms with Crippen molar-refractivity contribution in [2.24, 2.45) is 11.8 Å². The molecule has 3 rings (SSSR count). The third-order valence-corrected chi connectivity index (χ3v) is 5.03. The fourth-order valence-corrected chi connectivity index (χ4v) is 3.58. The third-order valence-electron chi connectivity index (χ3n) is 5.03. The van der Waals surface area contributed by atoms with Gasteiger partial charge in [0.2, 0.25) is 5.91 Å². The average molecular weight is 344 g/mol. The average Bonchev–Trinajstić information content (AvgIpc) is 3.02. The Hall–Kier alpha value is -2.01. The second-order valence-electron chi connectivity index (χ2n) is 7.28. The molecule has 2 atom stereocenters. The smallest absolute Gasteiger partial charge is 0.225 e.